The van der Waals surface area contributed by atoms with Crippen molar-refractivity contribution in [2.24, 2.45) is 5.92 Å². The highest BCUT2D eigenvalue weighted by molar-refractivity contribution is 5.78. The molecule has 3 rings (SSSR count). The van der Waals surface area contributed by atoms with Crippen molar-refractivity contribution in [1.29, 1.82) is 0 Å². The van der Waals surface area contributed by atoms with E-state index in [0.29, 0.717) is 11.7 Å². The molecule has 0 unspecified atom stereocenters. The van der Waals surface area contributed by atoms with Crippen molar-refractivity contribution in [3.05, 3.63) is 30.1 Å². The van der Waals surface area contributed by atoms with Gasteiger partial charge in [0.1, 0.15) is 5.82 Å². The molecule has 0 bridgehead atoms. The van der Waals surface area contributed by atoms with Crippen LogP contribution in [0.3, 0.4) is 0 Å². The number of ether oxygens (including phenoxy) is 1. The van der Waals surface area contributed by atoms with Crippen molar-refractivity contribution in [1.82, 2.24) is 10.2 Å². The third-order valence-electron chi connectivity index (χ3n) is 6.43. The Hall–Kier alpha value is -1.66. The van der Waals surface area contributed by atoms with Crippen LogP contribution in [0.5, 0.6) is 0 Å². The molecule has 1 aliphatic carbocycles. The van der Waals surface area contributed by atoms with Gasteiger partial charge in [-0.15, -0.1) is 0 Å². The Morgan fingerprint density at radius 3 is 2.61 bits per heavy atom. The van der Waals surface area contributed by atoms with Crippen LogP contribution in [0.4, 0.5) is 10.1 Å². The van der Waals surface area contributed by atoms with Crippen molar-refractivity contribution in [3.8, 4) is 0 Å². The largest absolute Gasteiger partial charge is 0.380 e. The Morgan fingerprint density at radius 2 is 1.96 bits per heavy atom. The topological polar surface area (TPSA) is 44.8 Å². The molecule has 0 radical (unpaired) electrons. The van der Waals surface area contributed by atoms with Gasteiger partial charge in [0, 0.05) is 51.8 Å². The summed E-state index contributed by atoms with van der Waals surface area (Å²) < 4.78 is 19.8. The molecule has 1 heterocycles. The molecule has 2 aliphatic rings. The number of benzene rings is 1. The van der Waals surface area contributed by atoms with Crippen molar-refractivity contribution in [2.75, 3.05) is 38.7 Å². The van der Waals surface area contributed by atoms with Crippen LogP contribution in [0.15, 0.2) is 24.3 Å². The molecule has 156 valence electrons. The number of para-hydroxylation sites is 1. The average Bonchev–Trinajstić information content (AvgIpc) is 2.74. The highest BCUT2D eigenvalue weighted by Crippen LogP contribution is 2.29. The van der Waals surface area contributed by atoms with Gasteiger partial charge >= 0.3 is 0 Å². The normalized spacial score (nSPS) is 26.3. The second-order valence-electron chi connectivity index (χ2n) is 8.12. The molecule has 1 N–H and O–H groups in total. The van der Waals surface area contributed by atoms with Crippen molar-refractivity contribution in [2.45, 2.75) is 57.2 Å². The summed E-state index contributed by atoms with van der Waals surface area (Å²) >= 11 is 0. The van der Waals surface area contributed by atoms with Crippen LogP contribution >= 0.6 is 0 Å². The van der Waals surface area contributed by atoms with Gasteiger partial charge in [0.2, 0.25) is 5.91 Å². The minimum absolute atomic E-state index is 0.0656. The fourth-order valence-electron chi connectivity index (χ4n) is 4.57. The highest BCUT2D eigenvalue weighted by Gasteiger charge is 2.36. The Labute approximate surface area is 168 Å². The van der Waals surface area contributed by atoms with Gasteiger partial charge in [0.25, 0.3) is 0 Å². The maximum atomic E-state index is 14.0. The fraction of sp³-hybridized carbons (Fsp3) is 0.682. The molecule has 0 spiro atoms. The number of halogens is 1. The van der Waals surface area contributed by atoms with Crippen LogP contribution < -0.4 is 10.2 Å². The van der Waals surface area contributed by atoms with Gasteiger partial charge in [-0.25, -0.2) is 4.39 Å². The SMILES string of the molecule is CCN(C)C(=O)[C@H]1CC[C@H](NC2CCN(c3ccccc3F)CC2)[C@@H](OC)C1. The minimum atomic E-state index is -0.145. The lowest BCUT2D eigenvalue weighted by Crippen LogP contribution is -2.53. The van der Waals surface area contributed by atoms with E-state index in [1.54, 1.807) is 13.2 Å². The van der Waals surface area contributed by atoms with Gasteiger partial charge in [0.05, 0.1) is 11.8 Å². The monoisotopic (exact) mass is 391 g/mol. The standard InChI is InChI=1S/C22H34FN3O2/c1-4-25(2)22(27)16-9-10-19(21(15-16)28-3)24-17-11-13-26(14-12-17)20-8-6-5-7-18(20)23/h5-8,16-17,19,21,24H,4,9-15H2,1-3H3/t16-,19-,21-/m0/s1. The molecule has 3 atom stereocenters. The summed E-state index contributed by atoms with van der Waals surface area (Å²) in [5.74, 6) is 0.158. The molecule has 6 heteroatoms. The lowest BCUT2D eigenvalue weighted by atomic mass is 9.82. The zero-order valence-corrected chi connectivity index (χ0v) is 17.4. The van der Waals surface area contributed by atoms with Crippen LogP contribution in [0.25, 0.3) is 0 Å². The highest BCUT2D eigenvalue weighted by atomic mass is 19.1. The summed E-state index contributed by atoms with van der Waals surface area (Å²) in [4.78, 5) is 16.4. The first-order valence-electron chi connectivity index (χ1n) is 10.6. The van der Waals surface area contributed by atoms with Crippen molar-refractivity contribution < 1.29 is 13.9 Å². The van der Waals surface area contributed by atoms with E-state index in [0.717, 1.165) is 51.7 Å². The molecule has 28 heavy (non-hydrogen) atoms. The lowest BCUT2D eigenvalue weighted by molar-refractivity contribution is -0.137. The number of nitrogens with one attached hydrogen (secondary N) is 1. The summed E-state index contributed by atoms with van der Waals surface area (Å²) in [6, 6.07) is 7.70. The Bertz CT molecular complexity index is 648. The van der Waals surface area contributed by atoms with Crippen LogP contribution in [0, 0.1) is 11.7 Å². The molecule has 2 fully saturated rings. The quantitative estimate of drug-likeness (QED) is 0.810. The third kappa shape index (κ3) is 4.84. The molecule has 0 aromatic heterocycles. The van der Waals surface area contributed by atoms with Gasteiger partial charge in [0.15, 0.2) is 0 Å². The number of hydrogen-bond acceptors (Lipinski definition) is 4. The number of carbonyl (C=O) groups excluding carboxylic acids is 1. The number of anilines is 1. The average molecular weight is 392 g/mol. The van der Waals surface area contributed by atoms with Crippen LogP contribution in [0.2, 0.25) is 0 Å². The zero-order valence-electron chi connectivity index (χ0n) is 17.4. The summed E-state index contributed by atoms with van der Waals surface area (Å²) in [5.41, 5.74) is 0.704. The van der Waals surface area contributed by atoms with Gasteiger partial charge in [-0.3, -0.25) is 4.79 Å². The van der Waals surface area contributed by atoms with E-state index >= 15 is 0 Å². The maximum absolute atomic E-state index is 14.0. The van der Waals surface area contributed by atoms with Crippen LogP contribution in [-0.2, 0) is 9.53 Å². The predicted molar refractivity (Wildman–Crippen MR) is 110 cm³/mol. The zero-order chi connectivity index (χ0) is 20.1. The molecule has 1 saturated heterocycles. The predicted octanol–water partition coefficient (Wildman–Crippen LogP) is 3.05. The molecular formula is C22H34FN3O2. The number of nitrogens with zero attached hydrogens (tertiary/aromatic N) is 2. The van der Waals surface area contributed by atoms with Crippen molar-refractivity contribution in [3.63, 3.8) is 0 Å². The van der Waals surface area contributed by atoms with E-state index < -0.39 is 0 Å². The van der Waals surface area contributed by atoms with E-state index in [4.69, 9.17) is 4.74 Å². The van der Waals surface area contributed by atoms with E-state index in [9.17, 15) is 9.18 Å². The first-order chi connectivity index (χ1) is 13.5. The number of hydrogen-bond donors (Lipinski definition) is 1. The molecule has 1 aliphatic heterocycles. The number of rotatable bonds is 6. The fourth-order valence-corrected chi connectivity index (χ4v) is 4.57. The van der Waals surface area contributed by atoms with Gasteiger partial charge in [-0.1, -0.05) is 12.1 Å². The number of amides is 1. The molecule has 1 aromatic carbocycles. The number of piperidine rings is 1. The smallest absolute Gasteiger partial charge is 0.225 e. The van der Waals surface area contributed by atoms with E-state index in [2.05, 4.69) is 10.2 Å². The Balaban J connectivity index is 1.51. The second-order valence-corrected chi connectivity index (χ2v) is 8.12. The van der Waals surface area contributed by atoms with Gasteiger partial charge in [-0.05, 0) is 51.2 Å². The summed E-state index contributed by atoms with van der Waals surface area (Å²) in [6.45, 7) is 4.46. The van der Waals surface area contributed by atoms with Crippen molar-refractivity contribution >= 4 is 11.6 Å². The first-order valence-corrected chi connectivity index (χ1v) is 10.6. The van der Waals surface area contributed by atoms with Gasteiger partial charge < -0.3 is 19.9 Å². The first kappa shape index (κ1) is 21.1. The number of carbonyl (C=O) groups is 1. The van der Waals surface area contributed by atoms with Crippen LogP contribution in [0.1, 0.15) is 39.0 Å². The van der Waals surface area contributed by atoms with E-state index in [1.807, 2.05) is 31.0 Å². The lowest BCUT2D eigenvalue weighted by Gasteiger charge is -2.40. The number of methoxy groups -OCH3 is 1. The molecule has 1 saturated carbocycles. The van der Waals surface area contributed by atoms with E-state index in [1.165, 1.54) is 6.07 Å². The minimum Gasteiger partial charge on any atom is -0.380 e. The second kappa shape index (κ2) is 9.70. The molecule has 5 nitrogen and oxygen atoms in total. The Morgan fingerprint density at radius 1 is 1.25 bits per heavy atom. The van der Waals surface area contributed by atoms with Gasteiger partial charge in [-0.2, -0.15) is 0 Å². The Kier molecular flexibility index (Phi) is 7.30. The summed E-state index contributed by atoms with van der Waals surface area (Å²) in [7, 11) is 3.62. The van der Waals surface area contributed by atoms with Crippen LogP contribution in [-0.4, -0.2) is 62.8 Å². The third-order valence-corrected chi connectivity index (χ3v) is 6.43. The summed E-state index contributed by atoms with van der Waals surface area (Å²) in [6.07, 6.45) is 4.70. The molecule has 1 aromatic rings. The molecule has 1 amide bonds. The maximum Gasteiger partial charge on any atom is 0.225 e. The summed E-state index contributed by atoms with van der Waals surface area (Å²) in [5, 5.41) is 3.78. The van der Waals surface area contributed by atoms with E-state index in [-0.39, 0.29) is 29.8 Å². The molecular weight excluding hydrogens is 357 g/mol.